The molecule has 0 aliphatic carbocycles. The van der Waals surface area contributed by atoms with Crippen molar-refractivity contribution in [2.24, 2.45) is 5.92 Å². The summed E-state index contributed by atoms with van der Waals surface area (Å²) in [7, 11) is 3.98. The maximum absolute atomic E-state index is 12.6. The predicted molar refractivity (Wildman–Crippen MR) is 82.8 cm³/mol. The fourth-order valence-corrected chi connectivity index (χ4v) is 2.99. The molecule has 0 bridgehead atoms. The first kappa shape index (κ1) is 15.5. The zero-order valence-electron chi connectivity index (χ0n) is 12.1. The van der Waals surface area contributed by atoms with Gasteiger partial charge in [0, 0.05) is 41.7 Å². The van der Waals surface area contributed by atoms with Gasteiger partial charge in [0.15, 0.2) is 0 Å². The van der Waals surface area contributed by atoms with Gasteiger partial charge >= 0.3 is 0 Å². The summed E-state index contributed by atoms with van der Waals surface area (Å²) >= 11 is 3.45. The second kappa shape index (κ2) is 6.24. The van der Waals surface area contributed by atoms with Gasteiger partial charge in [-0.1, -0.05) is 15.9 Å². The largest absolute Gasteiger partial charge is 0.396 e. The Kier molecular flexibility index (Phi) is 4.83. The molecule has 0 spiro atoms. The molecule has 1 aliphatic heterocycles. The van der Waals surface area contributed by atoms with Gasteiger partial charge in [0.25, 0.3) is 5.91 Å². The molecule has 1 aliphatic rings. The van der Waals surface area contributed by atoms with E-state index < -0.39 is 0 Å². The average Bonchev–Trinajstić information content (AvgIpc) is 2.85. The van der Waals surface area contributed by atoms with Crippen molar-refractivity contribution in [2.75, 3.05) is 33.8 Å². The number of aliphatic hydroxyl groups is 1. The van der Waals surface area contributed by atoms with Crippen LogP contribution in [0.4, 0.5) is 0 Å². The van der Waals surface area contributed by atoms with Crippen molar-refractivity contribution in [3.05, 3.63) is 33.8 Å². The Balaban J connectivity index is 2.16. The van der Waals surface area contributed by atoms with E-state index in [2.05, 4.69) is 20.8 Å². The van der Waals surface area contributed by atoms with Crippen molar-refractivity contribution in [3.8, 4) is 0 Å². The first-order valence-corrected chi connectivity index (χ1v) is 7.56. The number of hydrogen-bond acceptors (Lipinski definition) is 3. The molecule has 5 heteroatoms. The minimum Gasteiger partial charge on any atom is -0.396 e. The number of likely N-dealkylation sites (N-methyl/N-ethyl adjacent to an activating group) is 1. The van der Waals surface area contributed by atoms with Gasteiger partial charge in [0.05, 0.1) is 0 Å². The number of aliphatic hydroxyl groups excluding tert-OH is 1. The molecule has 2 rings (SSSR count). The highest BCUT2D eigenvalue weighted by molar-refractivity contribution is 9.10. The van der Waals surface area contributed by atoms with Crippen LogP contribution >= 0.6 is 15.9 Å². The first-order chi connectivity index (χ1) is 9.43. The predicted octanol–water partition coefficient (Wildman–Crippen LogP) is 1.75. The molecule has 4 nitrogen and oxygen atoms in total. The van der Waals surface area contributed by atoms with Crippen molar-refractivity contribution in [1.29, 1.82) is 0 Å². The smallest absolute Gasteiger partial charge is 0.253 e. The van der Waals surface area contributed by atoms with E-state index >= 15 is 0 Å². The second-order valence-corrected chi connectivity index (χ2v) is 6.50. The van der Waals surface area contributed by atoms with E-state index in [4.69, 9.17) is 0 Å². The molecular weight excluding hydrogens is 320 g/mol. The Labute approximate surface area is 128 Å². The fourth-order valence-electron chi connectivity index (χ4n) is 2.74. The molecule has 0 unspecified atom stereocenters. The molecule has 1 heterocycles. The van der Waals surface area contributed by atoms with Crippen LogP contribution in [0.15, 0.2) is 22.7 Å². The van der Waals surface area contributed by atoms with E-state index in [1.165, 1.54) is 0 Å². The number of nitrogens with zero attached hydrogens (tertiary/aromatic N) is 2. The van der Waals surface area contributed by atoms with Gasteiger partial charge < -0.3 is 14.9 Å². The molecule has 0 aromatic heterocycles. The third kappa shape index (κ3) is 3.05. The number of rotatable bonds is 3. The lowest BCUT2D eigenvalue weighted by atomic mass is 10.0. The van der Waals surface area contributed by atoms with E-state index in [0.717, 1.165) is 10.0 Å². The van der Waals surface area contributed by atoms with Crippen LogP contribution in [0, 0.1) is 12.8 Å². The van der Waals surface area contributed by atoms with Gasteiger partial charge in [-0.15, -0.1) is 0 Å². The summed E-state index contributed by atoms with van der Waals surface area (Å²) in [6.07, 6.45) is 0. The minimum atomic E-state index is 0.0448. The molecule has 1 aromatic carbocycles. The van der Waals surface area contributed by atoms with Gasteiger partial charge in [0.2, 0.25) is 0 Å². The molecule has 2 atom stereocenters. The number of halogens is 1. The Morgan fingerprint density at radius 2 is 2.15 bits per heavy atom. The zero-order chi connectivity index (χ0) is 14.9. The van der Waals surface area contributed by atoms with Gasteiger partial charge in [-0.2, -0.15) is 0 Å². The Bertz CT molecular complexity index is 505. The van der Waals surface area contributed by atoms with Gasteiger partial charge in [0.1, 0.15) is 0 Å². The molecule has 1 N–H and O–H groups in total. The molecule has 1 saturated heterocycles. The Hall–Kier alpha value is -0.910. The lowest BCUT2D eigenvalue weighted by Crippen LogP contribution is -2.37. The quantitative estimate of drug-likeness (QED) is 0.911. The Morgan fingerprint density at radius 1 is 1.45 bits per heavy atom. The molecule has 20 heavy (non-hydrogen) atoms. The van der Waals surface area contributed by atoms with Crippen LogP contribution in [-0.4, -0.2) is 60.6 Å². The molecule has 110 valence electrons. The summed E-state index contributed by atoms with van der Waals surface area (Å²) in [5, 5.41) is 9.47. The lowest BCUT2D eigenvalue weighted by molar-refractivity contribution is 0.0778. The average molecular weight is 341 g/mol. The van der Waals surface area contributed by atoms with Crippen molar-refractivity contribution in [3.63, 3.8) is 0 Å². The molecule has 0 saturated carbocycles. The number of likely N-dealkylation sites (tertiary alicyclic amines) is 1. The monoisotopic (exact) mass is 340 g/mol. The lowest BCUT2D eigenvalue weighted by Gasteiger charge is -2.23. The summed E-state index contributed by atoms with van der Waals surface area (Å²) in [4.78, 5) is 16.5. The van der Waals surface area contributed by atoms with Crippen LogP contribution in [0.1, 0.15) is 15.9 Å². The third-order valence-electron chi connectivity index (χ3n) is 4.00. The molecule has 1 fully saturated rings. The summed E-state index contributed by atoms with van der Waals surface area (Å²) in [6.45, 7) is 3.38. The molecule has 1 aromatic rings. The van der Waals surface area contributed by atoms with Crippen LogP contribution in [0.5, 0.6) is 0 Å². The first-order valence-electron chi connectivity index (χ1n) is 6.76. The molecular formula is C15H21BrN2O2. The van der Waals surface area contributed by atoms with E-state index in [9.17, 15) is 9.90 Å². The highest BCUT2D eigenvalue weighted by atomic mass is 79.9. The number of aryl methyl sites for hydroxylation is 1. The number of carbonyl (C=O) groups is 1. The van der Waals surface area contributed by atoms with Crippen molar-refractivity contribution >= 4 is 21.8 Å². The SMILES string of the molecule is Cc1cc(C(=O)N2C[C@@H](CO)[C@H](N(C)C)C2)ccc1Br. The topological polar surface area (TPSA) is 43.8 Å². The number of benzene rings is 1. The minimum absolute atomic E-state index is 0.0448. The summed E-state index contributed by atoms with van der Waals surface area (Å²) < 4.78 is 1.01. The van der Waals surface area contributed by atoms with E-state index in [0.29, 0.717) is 18.7 Å². The summed E-state index contributed by atoms with van der Waals surface area (Å²) in [5.41, 5.74) is 1.76. The van der Waals surface area contributed by atoms with Crippen molar-refractivity contribution in [2.45, 2.75) is 13.0 Å². The maximum Gasteiger partial charge on any atom is 0.253 e. The summed E-state index contributed by atoms with van der Waals surface area (Å²) in [6, 6.07) is 5.88. The van der Waals surface area contributed by atoms with Gasteiger partial charge in [-0.25, -0.2) is 0 Å². The van der Waals surface area contributed by atoms with Gasteiger partial charge in [-0.05, 0) is 44.8 Å². The maximum atomic E-state index is 12.6. The van der Waals surface area contributed by atoms with E-state index in [1.54, 1.807) is 0 Å². The number of hydrogen-bond donors (Lipinski definition) is 1. The number of carbonyl (C=O) groups excluding carboxylic acids is 1. The summed E-state index contributed by atoms with van der Waals surface area (Å²) in [5.74, 6) is 0.175. The number of amides is 1. The normalized spacial score (nSPS) is 22.6. The third-order valence-corrected chi connectivity index (χ3v) is 4.89. The van der Waals surface area contributed by atoms with Crippen molar-refractivity contribution < 1.29 is 9.90 Å². The van der Waals surface area contributed by atoms with Gasteiger partial charge in [-0.3, -0.25) is 4.79 Å². The highest BCUT2D eigenvalue weighted by Crippen LogP contribution is 2.24. The zero-order valence-corrected chi connectivity index (χ0v) is 13.7. The van der Waals surface area contributed by atoms with Crippen LogP contribution in [0.2, 0.25) is 0 Å². The van der Waals surface area contributed by atoms with Crippen LogP contribution < -0.4 is 0 Å². The van der Waals surface area contributed by atoms with Crippen LogP contribution in [-0.2, 0) is 0 Å². The van der Waals surface area contributed by atoms with E-state index in [1.807, 2.05) is 44.1 Å². The van der Waals surface area contributed by atoms with Crippen LogP contribution in [0.3, 0.4) is 0 Å². The fraction of sp³-hybridized carbons (Fsp3) is 0.533. The second-order valence-electron chi connectivity index (χ2n) is 5.65. The molecule has 0 radical (unpaired) electrons. The van der Waals surface area contributed by atoms with E-state index in [-0.39, 0.29) is 24.5 Å². The Morgan fingerprint density at radius 3 is 2.65 bits per heavy atom. The standard InChI is InChI=1S/C15H21BrN2O2/c1-10-6-11(4-5-13(10)16)15(20)18-7-12(9-19)14(8-18)17(2)3/h4-6,12,14,19H,7-9H2,1-3H3/t12-,14+/m0/s1. The molecule has 1 amide bonds. The highest BCUT2D eigenvalue weighted by Gasteiger charge is 2.36. The van der Waals surface area contributed by atoms with Crippen molar-refractivity contribution in [1.82, 2.24) is 9.80 Å². The van der Waals surface area contributed by atoms with Crippen LogP contribution in [0.25, 0.3) is 0 Å².